The quantitative estimate of drug-likeness (QED) is 0.543. The molecule has 0 aliphatic carbocycles. The van der Waals surface area contributed by atoms with Crippen LogP contribution in [-0.2, 0) is 21.2 Å². The summed E-state index contributed by atoms with van der Waals surface area (Å²) in [5.74, 6) is 0.194. The Bertz CT molecular complexity index is 1180. The average Bonchev–Trinajstić information content (AvgIpc) is 2.82. The smallest absolute Gasteiger partial charge is 0.263 e. The van der Waals surface area contributed by atoms with Crippen molar-refractivity contribution in [3.63, 3.8) is 0 Å². The summed E-state index contributed by atoms with van der Waals surface area (Å²) in [6.45, 7) is 0.139. The molecule has 3 aromatic rings. The zero-order chi connectivity index (χ0) is 22.3. The molecule has 7 nitrogen and oxygen atoms in total. The molecule has 2 aromatic carbocycles. The third kappa shape index (κ3) is 5.29. The van der Waals surface area contributed by atoms with Gasteiger partial charge in [-0.25, -0.2) is 8.42 Å². The molecule has 1 aromatic heterocycles. The maximum absolute atomic E-state index is 13.3. The van der Waals surface area contributed by atoms with Crippen LogP contribution in [0.25, 0.3) is 6.08 Å². The molecule has 1 amide bonds. The van der Waals surface area contributed by atoms with E-state index < -0.39 is 15.7 Å². The van der Waals surface area contributed by atoms with Gasteiger partial charge in [-0.15, -0.1) is 0 Å². The van der Waals surface area contributed by atoms with Crippen LogP contribution < -0.4 is 14.8 Å². The lowest BCUT2D eigenvalue weighted by Crippen LogP contribution is -2.28. The summed E-state index contributed by atoms with van der Waals surface area (Å²) < 4.78 is 37.0. The molecule has 1 heterocycles. The van der Waals surface area contributed by atoms with E-state index in [1.165, 1.54) is 32.4 Å². The summed E-state index contributed by atoms with van der Waals surface area (Å²) in [4.78, 5) is 16.6. The predicted octanol–water partition coefficient (Wildman–Crippen LogP) is 3.23. The number of hydrogen-bond donors (Lipinski definition) is 1. The number of nitrogens with zero attached hydrogens (tertiary/aromatic N) is 1. The number of ether oxygens (including phenoxy) is 2. The molecule has 1 N–H and O–H groups in total. The van der Waals surface area contributed by atoms with E-state index in [-0.39, 0.29) is 16.3 Å². The van der Waals surface area contributed by atoms with Crippen molar-refractivity contribution in [2.75, 3.05) is 14.2 Å². The van der Waals surface area contributed by atoms with E-state index in [1.807, 2.05) is 0 Å². The largest absolute Gasteiger partial charge is 0.493 e. The fourth-order valence-corrected chi connectivity index (χ4v) is 4.23. The van der Waals surface area contributed by atoms with Gasteiger partial charge in [-0.1, -0.05) is 30.3 Å². The van der Waals surface area contributed by atoms with E-state index in [4.69, 9.17) is 9.47 Å². The summed E-state index contributed by atoms with van der Waals surface area (Å²) in [6.07, 6.45) is 4.54. The number of nitrogens with one attached hydrogen (secondary N) is 1. The first kappa shape index (κ1) is 22.0. The van der Waals surface area contributed by atoms with Crippen molar-refractivity contribution in [1.82, 2.24) is 10.3 Å². The second-order valence-electron chi connectivity index (χ2n) is 6.48. The second kappa shape index (κ2) is 9.90. The highest BCUT2D eigenvalue weighted by molar-refractivity contribution is 7.96. The summed E-state index contributed by atoms with van der Waals surface area (Å²) in [7, 11) is -1.09. The second-order valence-corrected chi connectivity index (χ2v) is 8.40. The van der Waals surface area contributed by atoms with Crippen molar-refractivity contribution in [3.8, 4) is 11.5 Å². The van der Waals surface area contributed by atoms with Crippen molar-refractivity contribution in [1.29, 1.82) is 0 Å². The van der Waals surface area contributed by atoms with Gasteiger partial charge in [-0.2, -0.15) is 0 Å². The highest BCUT2D eigenvalue weighted by Gasteiger charge is 2.27. The van der Waals surface area contributed by atoms with E-state index in [2.05, 4.69) is 10.3 Å². The first-order valence-corrected chi connectivity index (χ1v) is 10.8. The number of amides is 1. The monoisotopic (exact) mass is 438 g/mol. The molecule has 0 saturated heterocycles. The maximum atomic E-state index is 13.3. The minimum absolute atomic E-state index is 0.0262. The fourth-order valence-electron chi connectivity index (χ4n) is 2.86. The molecule has 0 atom stereocenters. The van der Waals surface area contributed by atoms with E-state index in [0.29, 0.717) is 17.1 Å². The summed E-state index contributed by atoms with van der Waals surface area (Å²) in [5.41, 5.74) is 1.22. The molecule has 0 aliphatic rings. The third-order valence-corrected chi connectivity index (χ3v) is 6.22. The van der Waals surface area contributed by atoms with Gasteiger partial charge in [0.1, 0.15) is 4.91 Å². The lowest BCUT2D eigenvalue weighted by Gasteiger charge is -2.12. The van der Waals surface area contributed by atoms with Crippen LogP contribution in [0.3, 0.4) is 0 Å². The minimum atomic E-state index is -4.08. The molecular weight excluding hydrogens is 416 g/mol. The lowest BCUT2D eigenvalue weighted by atomic mass is 10.2. The molecule has 0 saturated carbocycles. The number of aromatic nitrogens is 1. The van der Waals surface area contributed by atoms with Crippen LogP contribution in [0.1, 0.15) is 11.1 Å². The molecule has 0 radical (unpaired) electrons. The van der Waals surface area contributed by atoms with Gasteiger partial charge in [0.15, 0.2) is 11.5 Å². The maximum Gasteiger partial charge on any atom is 0.263 e. The number of carbonyl (C=O) groups is 1. The molecule has 0 fully saturated rings. The normalized spacial score (nSPS) is 11.6. The fraction of sp³-hybridized carbons (Fsp3) is 0.130. The number of pyridine rings is 1. The molecular formula is C23H22N2O5S. The number of hydrogen-bond acceptors (Lipinski definition) is 6. The predicted molar refractivity (Wildman–Crippen MR) is 117 cm³/mol. The minimum Gasteiger partial charge on any atom is -0.493 e. The Morgan fingerprint density at radius 3 is 2.39 bits per heavy atom. The van der Waals surface area contributed by atoms with Gasteiger partial charge in [0, 0.05) is 18.9 Å². The summed E-state index contributed by atoms with van der Waals surface area (Å²) >= 11 is 0. The molecule has 31 heavy (non-hydrogen) atoms. The Kier molecular flexibility index (Phi) is 7.04. The SMILES string of the molecule is COc1ccc(/C=C(\C(=O)NCc2cccnc2)S(=O)(=O)c2ccccc2)cc1OC. The van der Waals surface area contributed by atoms with Crippen LogP contribution in [0.5, 0.6) is 11.5 Å². The molecule has 0 unspecified atom stereocenters. The lowest BCUT2D eigenvalue weighted by molar-refractivity contribution is -0.116. The molecule has 0 aliphatic heterocycles. The molecule has 3 rings (SSSR count). The Morgan fingerprint density at radius 2 is 1.74 bits per heavy atom. The van der Waals surface area contributed by atoms with Gasteiger partial charge in [-0.05, 0) is 47.5 Å². The molecule has 0 bridgehead atoms. The van der Waals surface area contributed by atoms with Gasteiger partial charge in [0.2, 0.25) is 9.84 Å². The number of methoxy groups -OCH3 is 2. The van der Waals surface area contributed by atoms with Gasteiger partial charge < -0.3 is 14.8 Å². The van der Waals surface area contributed by atoms with Gasteiger partial charge in [0.05, 0.1) is 19.1 Å². The molecule has 160 valence electrons. The Labute approximate surface area is 181 Å². The van der Waals surface area contributed by atoms with E-state index in [0.717, 1.165) is 5.56 Å². The first-order valence-electron chi connectivity index (χ1n) is 9.36. The van der Waals surface area contributed by atoms with Crippen molar-refractivity contribution in [2.24, 2.45) is 0 Å². The molecule has 0 spiro atoms. The van der Waals surface area contributed by atoms with Crippen LogP contribution in [0.15, 0.2) is 82.9 Å². The first-order chi connectivity index (χ1) is 15.0. The topological polar surface area (TPSA) is 94.6 Å². The van der Waals surface area contributed by atoms with Crippen molar-refractivity contribution < 1.29 is 22.7 Å². The third-order valence-electron chi connectivity index (χ3n) is 4.45. The van der Waals surface area contributed by atoms with Gasteiger partial charge in [0.25, 0.3) is 5.91 Å². The number of sulfone groups is 1. The number of benzene rings is 2. The Hall–Kier alpha value is -3.65. The Morgan fingerprint density at radius 1 is 1.00 bits per heavy atom. The summed E-state index contributed by atoms with van der Waals surface area (Å²) in [6, 6.07) is 16.2. The van der Waals surface area contributed by atoms with Crippen LogP contribution in [0.4, 0.5) is 0 Å². The zero-order valence-corrected chi connectivity index (χ0v) is 17.9. The van der Waals surface area contributed by atoms with Crippen molar-refractivity contribution in [3.05, 3.63) is 89.1 Å². The van der Waals surface area contributed by atoms with Gasteiger partial charge >= 0.3 is 0 Å². The van der Waals surface area contributed by atoms with Crippen LogP contribution in [-0.4, -0.2) is 33.5 Å². The van der Waals surface area contributed by atoms with Gasteiger partial charge in [-0.3, -0.25) is 9.78 Å². The van der Waals surface area contributed by atoms with E-state index in [1.54, 1.807) is 60.9 Å². The van der Waals surface area contributed by atoms with Crippen LogP contribution in [0, 0.1) is 0 Å². The summed E-state index contributed by atoms with van der Waals surface area (Å²) in [5, 5.41) is 2.66. The highest BCUT2D eigenvalue weighted by atomic mass is 32.2. The number of carbonyl (C=O) groups excluding carboxylic acids is 1. The standard InChI is InChI=1S/C23H22N2O5S/c1-29-20-11-10-17(13-21(20)30-2)14-22(31(27,28)19-8-4-3-5-9-19)23(26)25-16-18-7-6-12-24-15-18/h3-15H,16H2,1-2H3,(H,25,26)/b22-14+. The zero-order valence-electron chi connectivity index (χ0n) is 17.1. The van der Waals surface area contributed by atoms with E-state index in [9.17, 15) is 13.2 Å². The highest BCUT2D eigenvalue weighted by Crippen LogP contribution is 2.30. The molecule has 8 heteroatoms. The number of rotatable bonds is 8. The van der Waals surface area contributed by atoms with Crippen molar-refractivity contribution in [2.45, 2.75) is 11.4 Å². The van der Waals surface area contributed by atoms with E-state index >= 15 is 0 Å². The van der Waals surface area contributed by atoms with Crippen molar-refractivity contribution >= 4 is 21.8 Å². The van der Waals surface area contributed by atoms with Crippen LogP contribution >= 0.6 is 0 Å². The average molecular weight is 439 g/mol. The van der Waals surface area contributed by atoms with Crippen LogP contribution in [0.2, 0.25) is 0 Å². The Balaban J connectivity index is 2.02.